The van der Waals surface area contributed by atoms with Gasteiger partial charge in [0.25, 0.3) is 0 Å². The van der Waals surface area contributed by atoms with Gasteiger partial charge in [-0.3, -0.25) is 4.79 Å². The summed E-state index contributed by atoms with van der Waals surface area (Å²) in [6.07, 6.45) is 5.54. The summed E-state index contributed by atoms with van der Waals surface area (Å²) < 4.78 is 11.6. The average molecular weight is 447 g/mol. The number of amides is 1. The topological polar surface area (TPSA) is 59.6 Å². The molecule has 0 aliphatic heterocycles. The quantitative estimate of drug-likeness (QED) is 0.285. The average Bonchev–Trinajstić information content (AvgIpc) is 2.84. The maximum Gasteiger partial charge on any atom is 0.243 e. The van der Waals surface area contributed by atoms with E-state index in [2.05, 4.69) is 29.7 Å². The summed E-state index contributed by atoms with van der Waals surface area (Å²) in [7, 11) is 0. The number of unbranched alkanes of at least 4 members (excludes halogenated alkanes) is 3. The van der Waals surface area contributed by atoms with Crippen LogP contribution in [-0.4, -0.2) is 25.7 Å². The number of benzene rings is 3. The normalized spacial score (nSPS) is 10.5. The van der Waals surface area contributed by atoms with Gasteiger partial charge in [0, 0.05) is 23.9 Å². The van der Waals surface area contributed by atoms with Crippen LogP contribution in [0.1, 0.15) is 38.2 Å². The Kier molecular flexibility index (Phi) is 10.1. The molecule has 5 nitrogen and oxygen atoms in total. The van der Waals surface area contributed by atoms with E-state index >= 15 is 0 Å². The zero-order valence-corrected chi connectivity index (χ0v) is 19.4. The maximum absolute atomic E-state index is 12.3. The van der Waals surface area contributed by atoms with Crippen molar-refractivity contribution < 1.29 is 14.3 Å². The summed E-state index contributed by atoms with van der Waals surface area (Å²) in [5.41, 5.74) is 2.85. The Labute approximate surface area is 197 Å². The first-order valence-corrected chi connectivity index (χ1v) is 11.8. The Hall–Kier alpha value is -3.47. The summed E-state index contributed by atoms with van der Waals surface area (Å²) in [5, 5.41) is 6.06. The van der Waals surface area contributed by atoms with E-state index in [0.29, 0.717) is 13.2 Å². The van der Waals surface area contributed by atoms with E-state index in [0.717, 1.165) is 35.7 Å². The highest BCUT2D eigenvalue weighted by atomic mass is 16.5. The summed E-state index contributed by atoms with van der Waals surface area (Å²) in [6.45, 7) is 3.70. The molecule has 0 atom stereocenters. The van der Waals surface area contributed by atoms with Crippen molar-refractivity contribution in [3.63, 3.8) is 0 Å². The third-order valence-electron chi connectivity index (χ3n) is 5.19. The van der Waals surface area contributed by atoms with Crippen LogP contribution in [0.3, 0.4) is 0 Å². The van der Waals surface area contributed by atoms with Crippen molar-refractivity contribution >= 4 is 17.3 Å². The van der Waals surface area contributed by atoms with E-state index < -0.39 is 0 Å². The molecule has 3 aromatic carbocycles. The number of ether oxygens (including phenoxy) is 2. The van der Waals surface area contributed by atoms with Gasteiger partial charge in [-0.05, 0) is 48.4 Å². The molecule has 174 valence electrons. The van der Waals surface area contributed by atoms with Crippen molar-refractivity contribution in [2.24, 2.45) is 0 Å². The monoisotopic (exact) mass is 446 g/mol. The molecular formula is C28H34N2O3. The minimum Gasteiger partial charge on any atom is -0.494 e. The van der Waals surface area contributed by atoms with Crippen molar-refractivity contribution in [1.29, 1.82) is 0 Å². The van der Waals surface area contributed by atoms with Gasteiger partial charge in [0.15, 0.2) is 0 Å². The Morgan fingerprint density at radius 2 is 1.55 bits per heavy atom. The van der Waals surface area contributed by atoms with Gasteiger partial charge in [0.05, 0.1) is 19.8 Å². The molecule has 0 aliphatic rings. The molecule has 0 saturated heterocycles. The largest absolute Gasteiger partial charge is 0.494 e. The van der Waals surface area contributed by atoms with Crippen LogP contribution in [0.4, 0.5) is 11.4 Å². The van der Waals surface area contributed by atoms with E-state index in [9.17, 15) is 4.79 Å². The SMILES string of the molecule is CCCCCCOc1cccc(NC(=O)CNc2ccc(OCCc3ccccc3)cc2)c1. The van der Waals surface area contributed by atoms with E-state index in [1.165, 1.54) is 24.8 Å². The third-order valence-corrected chi connectivity index (χ3v) is 5.19. The highest BCUT2D eigenvalue weighted by molar-refractivity contribution is 5.93. The fourth-order valence-corrected chi connectivity index (χ4v) is 3.37. The minimum atomic E-state index is -0.113. The molecule has 3 aromatic rings. The van der Waals surface area contributed by atoms with Gasteiger partial charge in [0.1, 0.15) is 11.5 Å². The summed E-state index contributed by atoms with van der Waals surface area (Å²) in [4.78, 5) is 12.3. The standard InChI is InChI=1S/C28H34N2O3/c1-2-3-4-8-19-32-27-13-9-12-25(21-27)30-28(31)22-29-24-14-16-26(17-15-24)33-20-18-23-10-6-5-7-11-23/h5-7,9-17,21,29H,2-4,8,18-20,22H2,1H3,(H,30,31). The second-order valence-corrected chi connectivity index (χ2v) is 7.95. The van der Waals surface area contributed by atoms with Crippen LogP contribution in [0.25, 0.3) is 0 Å². The lowest BCUT2D eigenvalue weighted by Gasteiger charge is -2.11. The molecule has 0 bridgehead atoms. The van der Waals surface area contributed by atoms with Crippen molar-refractivity contribution in [3.8, 4) is 11.5 Å². The van der Waals surface area contributed by atoms with Crippen molar-refractivity contribution in [2.45, 2.75) is 39.0 Å². The fourth-order valence-electron chi connectivity index (χ4n) is 3.37. The molecule has 0 aliphatic carbocycles. The van der Waals surface area contributed by atoms with E-state index in [4.69, 9.17) is 9.47 Å². The van der Waals surface area contributed by atoms with E-state index in [-0.39, 0.29) is 12.5 Å². The number of rotatable bonds is 14. The second-order valence-electron chi connectivity index (χ2n) is 7.95. The second kappa shape index (κ2) is 13.8. The van der Waals surface area contributed by atoms with Gasteiger partial charge in [-0.15, -0.1) is 0 Å². The van der Waals surface area contributed by atoms with Gasteiger partial charge in [-0.2, -0.15) is 0 Å². The van der Waals surface area contributed by atoms with Crippen LogP contribution in [0, 0.1) is 0 Å². The van der Waals surface area contributed by atoms with Crippen molar-refractivity contribution in [1.82, 2.24) is 0 Å². The zero-order valence-electron chi connectivity index (χ0n) is 19.4. The number of nitrogens with one attached hydrogen (secondary N) is 2. The van der Waals surface area contributed by atoms with Gasteiger partial charge in [0.2, 0.25) is 5.91 Å². The highest BCUT2D eigenvalue weighted by Crippen LogP contribution is 2.19. The molecule has 0 fully saturated rings. The van der Waals surface area contributed by atoms with E-state index in [1.807, 2.05) is 66.7 Å². The van der Waals surface area contributed by atoms with Crippen LogP contribution in [0.5, 0.6) is 11.5 Å². The van der Waals surface area contributed by atoms with Gasteiger partial charge < -0.3 is 20.1 Å². The lowest BCUT2D eigenvalue weighted by atomic mass is 10.2. The van der Waals surface area contributed by atoms with Crippen LogP contribution in [0.15, 0.2) is 78.9 Å². The molecule has 0 spiro atoms. The molecular weight excluding hydrogens is 412 g/mol. The van der Waals surface area contributed by atoms with Crippen LogP contribution >= 0.6 is 0 Å². The molecule has 5 heteroatoms. The molecule has 0 aromatic heterocycles. The Balaban J connectivity index is 1.36. The Morgan fingerprint density at radius 1 is 0.758 bits per heavy atom. The number of hydrogen-bond acceptors (Lipinski definition) is 4. The molecule has 0 radical (unpaired) electrons. The van der Waals surface area contributed by atoms with Crippen molar-refractivity contribution in [3.05, 3.63) is 84.4 Å². The summed E-state index contributed by atoms with van der Waals surface area (Å²) in [6, 6.07) is 25.4. The number of carbonyl (C=O) groups excluding carboxylic acids is 1. The Bertz CT molecular complexity index is 958. The zero-order chi connectivity index (χ0) is 23.1. The third kappa shape index (κ3) is 9.27. The molecule has 3 rings (SSSR count). The Morgan fingerprint density at radius 3 is 2.33 bits per heavy atom. The lowest BCUT2D eigenvalue weighted by Crippen LogP contribution is -2.21. The van der Waals surface area contributed by atoms with Crippen LogP contribution in [0.2, 0.25) is 0 Å². The summed E-state index contributed by atoms with van der Waals surface area (Å²) in [5.74, 6) is 1.48. The molecule has 2 N–H and O–H groups in total. The number of anilines is 2. The summed E-state index contributed by atoms with van der Waals surface area (Å²) >= 11 is 0. The van der Waals surface area contributed by atoms with E-state index in [1.54, 1.807) is 0 Å². The lowest BCUT2D eigenvalue weighted by molar-refractivity contribution is -0.114. The molecule has 0 saturated carbocycles. The first kappa shape index (κ1) is 24.2. The molecule has 0 heterocycles. The molecule has 33 heavy (non-hydrogen) atoms. The van der Waals surface area contributed by atoms with Gasteiger partial charge in [-0.25, -0.2) is 0 Å². The minimum absolute atomic E-state index is 0.113. The first-order chi connectivity index (χ1) is 16.2. The van der Waals surface area contributed by atoms with Crippen LogP contribution in [-0.2, 0) is 11.2 Å². The molecule has 0 unspecified atom stereocenters. The number of carbonyl (C=O) groups is 1. The maximum atomic E-state index is 12.3. The predicted molar refractivity (Wildman–Crippen MR) is 135 cm³/mol. The number of hydrogen-bond donors (Lipinski definition) is 2. The highest BCUT2D eigenvalue weighted by Gasteiger charge is 2.04. The first-order valence-electron chi connectivity index (χ1n) is 11.8. The smallest absolute Gasteiger partial charge is 0.243 e. The predicted octanol–water partition coefficient (Wildman–Crippen LogP) is 6.32. The van der Waals surface area contributed by atoms with Crippen LogP contribution < -0.4 is 20.1 Å². The van der Waals surface area contributed by atoms with Crippen molar-refractivity contribution in [2.75, 3.05) is 30.4 Å². The fraction of sp³-hybridized carbons (Fsp3) is 0.321. The molecule has 1 amide bonds. The van der Waals surface area contributed by atoms with Gasteiger partial charge >= 0.3 is 0 Å². The van der Waals surface area contributed by atoms with Gasteiger partial charge in [-0.1, -0.05) is 62.6 Å².